The summed E-state index contributed by atoms with van der Waals surface area (Å²) >= 11 is 0. The van der Waals surface area contributed by atoms with Gasteiger partial charge in [0, 0.05) is 6.42 Å². The van der Waals surface area contributed by atoms with Crippen molar-refractivity contribution in [3.63, 3.8) is 0 Å². The second-order valence-electron chi connectivity index (χ2n) is 3.39. The Bertz CT molecular complexity index is 350. The fourth-order valence-electron chi connectivity index (χ4n) is 1.45. The summed E-state index contributed by atoms with van der Waals surface area (Å²) in [7, 11) is 2.89. The Hall–Kier alpha value is -1.46. The van der Waals surface area contributed by atoms with Crippen LogP contribution in [0.3, 0.4) is 0 Å². The van der Waals surface area contributed by atoms with Gasteiger partial charge in [-0.05, 0) is 17.7 Å². The zero-order valence-electron chi connectivity index (χ0n) is 9.30. The minimum atomic E-state index is -0.850. The molecule has 5 nitrogen and oxygen atoms in total. The summed E-state index contributed by atoms with van der Waals surface area (Å²) in [4.78, 5) is 0. The standard InChI is InChI=1S/C11H16O5/c1-15-10-5-7(3-8(13)6-12)4-9(14)11(10)16-2/h4-5,8,12-14H,3,6H2,1-2H3/t8-/m0/s1. The molecule has 1 rings (SSSR count). The number of hydrogen-bond donors (Lipinski definition) is 3. The van der Waals surface area contributed by atoms with E-state index in [2.05, 4.69) is 0 Å². The quantitative estimate of drug-likeness (QED) is 0.675. The fraction of sp³-hybridized carbons (Fsp3) is 0.455. The van der Waals surface area contributed by atoms with Gasteiger partial charge in [-0.3, -0.25) is 0 Å². The predicted molar refractivity (Wildman–Crippen MR) is 58.0 cm³/mol. The summed E-state index contributed by atoms with van der Waals surface area (Å²) in [5.74, 6) is 0.592. The van der Waals surface area contributed by atoms with Gasteiger partial charge >= 0.3 is 0 Å². The van der Waals surface area contributed by atoms with Crippen molar-refractivity contribution >= 4 is 0 Å². The summed E-state index contributed by atoms with van der Waals surface area (Å²) < 4.78 is 10.0. The summed E-state index contributed by atoms with van der Waals surface area (Å²) in [6.45, 7) is -0.324. The van der Waals surface area contributed by atoms with Gasteiger partial charge in [-0.15, -0.1) is 0 Å². The Morgan fingerprint density at radius 1 is 1.25 bits per heavy atom. The highest BCUT2D eigenvalue weighted by Gasteiger charge is 2.13. The van der Waals surface area contributed by atoms with Gasteiger partial charge in [0.15, 0.2) is 11.5 Å². The molecule has 0 aliphatic rings. The van der Waals surface area contributed by atoms with Crippen LogP contribution in [0, 0.1) is 0 Å². The first-order valence-corrected chi connectivity index (χ1v) is 4.85. The van der Waals surface area contributed by atoms with Gasteiger partial charge in [-0.1, -0.05) is 0 Å². The number of phenols is 1. The van der Waals surface area contributed by atoms with E-state index in [1.54, 1.807) is 6.07 Å². The van der Waals surface area contributed by atoms with Crippen molar-refractivity contribution in [3.05, 3.63) is 17.7 Å². The van der Waals surface area contributed by atoms with Crippen LogP contribution < -0.4 is 9.47 Å². The molecule has 1 atom stereocenters. The number of methoxy groups -OCH3 is 2. The van der Waals surface area contributed by atoms with Gasteiger partial charge in [-0.2, -0.15) is 0 Å². The SMILES string of the molecule is COc1cc(C[C@H](O)CO)cc(O)c1OC. The smallest absolute Gasteiger partial charge is 0.203 e. The summed E-state index contributed by atoms with van der Waals surface area (Å²) in [5.41, 5.74) is 0.664. The molecule has 1 aromatic carbocycles. The number of benzene rings is 1. The Labute approximate surface area is 93.9 Å². The van der Waals surface area contributed by atoms with Gasteiger partial charge in [0.25, 0.3) is 0 Å². The molecule has 0 unspecified atom stereocenters. The third-order valence-electron chi connectivity index (χ3n) is 2.20. The van der Waals surface area contributed by atoms with E-state index in [1.807, 2.05) is 0 Å². The van der Waals surface area contributed by atoms with Crippen LogP contribution in [0.5, 0.6) is 17.2 Å². The molecule has 90 valence electrons. The van der Waals surface area contributed by atoms with Crippen LogP contribution in [-0.4, -0.2) is 42.3 Å². The summed E-state index contributed by atoms with van der Waals surface area (Å²) in [5, 5.41) is 27.7. The molecule has 0 radical (unpaired) electrons. The Balaban J connectivity index is 3.00. The van der Waals surface area contributed by atoms with E-state index >= 15 is 0 Å². The monoisotopic (exact) mass is 228 g/mol. The summed E-state index contributed by atoms with van der Waals surface area (Å²) in [6, 6.07) is 3.12. The largest absolute Gasteiger partial charge is 0.504 e. The van der Waals surface area contributed by atoms with Crippen LogP contribution >= 0.6 is 0 Å². The Morgan fingerprint density at radius 3 is 2.44 bits per heavy atom. The fourth-order valence-corrected chi connectivity index (χ4v) is 1.45. The first-order chi connectivity index (χ1) is 7.62. The highest BCUT2D eigenvalue weighted by atomic mass is 16.5. The van der Waals surface area contributed by atoms with E-state index in [-0.39, 0.29) is 24.5 Å². The molecule has 5 heteroatoms. The third kappa shape index (κ3) is 2.77. The van der Waals surface area contributed by atoms with E-state index < -0.39 is 6.10 Å². The normalized spacial score (nSPS) is 12.2. The van der Waals surface area contributed by atoms with Crippen LogP contribution in [0.1, 0.15) is 5.56 Å². The van der Waals surface area contributed by atoms with E-state index in [4.69, 9.17) is 14.6 Å². The van der Waals surface area contributed by atoms with Crippen molar-refractivity contribution in [2.24, 2.45) is 0 Å². The van der Waals surface area contributed by atoms with Crippen molar-refractivity contribution in [3.8, 4) is 17.2 Å². The van der Waals surface area contributed by atoms with Crippen LogP contribution in [0.4, 0.5) is 0 Å². The highest BCUT2D eigenvalue weighted by molar-refractivity contribution is 5.53. The molecule has 0 aromatic heterocycles. The maximum absolute atomic E-state index is 9.64. The lowest BCUT2D eigenvalue weighted by molar-refractivity contribution is 0.0954. The molecule has 0 aliphatic heterocycles. The lowest BCUT2D eigenvalue weighted by Gasteiger charge is -2.13. The molecule has 0 heterocycles. The highest BCUT2D eigenvalue weighted by Crippen LogP contribution is 2.37. The first-order valence-electron chi connectivity index (χ1n) is 4.85. The molecule has 0 aliphatic carbocycles. The molecule has 16 heavy (non-hydrogen) atoms. The van der Waals surface area contributed by atoms with Crippen molar-refractivity contribution in [1.82, 2.24) is 0 Å². The van der Waals surface area contributed by atoms with E-state index in [9.17, 15) is 10.2 Å². The Morgan fingerprint density at radius 2 is 1.94 bits per heavy atom. The molecule has 0 saturated carbocycles. The summed E-state index contributed by atoms with van der Waals surface area (Å²) in [6.07, 6.45) is -0.609. The maximum atomic E-state index is 9.64. The zero-order valence-corrected chi connectivity index (χ0v) is 9.30. The van der Waals surface area contributed by atoms with Crippen LogP contribution in [0.2, 0.25) is 0 Å². The van der Waals surface area contributed by atoms with Gasteiger partial charge in [0.1, 0.15) is 0 Å². The molecule has 1 aromatic rings. The Kier molecular flexibility index (Phi) is 4.39. The van der Waals surface area contributed by atoms with E-state index in [1.165, 1.54) is 20.3 Å². The van der Waals surface area contributed by atoms with Crippen molar-refractivity contribution in [2.75, 3.05) is 20.8 Å². The molecule has 0 fully saturated rings. The zero-order chi connectivity index (χ0) is 12.1. The van der Waals surface area contributed by atoms with Crippen LogP contribution in [-0.2, 0) is 6.42 Å². The molecule has 0 bridgehead atoms. The topological polar surface area (TPSA) is 79.2 Å². The van der Waals surface area contributed by atoms with Gasteiger partial charge < -0.3 is 24.8 Å². The predicted octanol–water partition coefficient (Wildman–Crippen LogP) is 0.305. The van der Waals surface area contributed by atoms with Crippen LogP contribution in [0.15, 0.2) is 12.1 Å². The number of aromatic hydroxyl groups is 1. The van der Waals surface area contributed by atoms with Crippen molar-refractivity contribution in [1.29, 1.82) is 0 Å². The van der Waals surface area contributed by atoms with Gasteiger partial charge in [0.2, 0.25) is 5.75 Å². The molecular formula is C11H16O5. The number of phenolic OH excluding ortho intramolecular Hbond substituents is 1. The average molecular weight is 228 g/mol. The van der Waals surface area contributed by atoms with Crippen LogP contribution in [0.25, 0.3) is 0 Å². The van der Waals surface area contributed by atoms with Crippen molar-refractivity contribution < 1.29 is 24.8 Å². The van der Waals surface area contributed by atoms with Crippen molar-refractivity contribution in [2.45, 2.75) is 12.5 Å². The number of aliphatic hydroxyl groups is 2. The average Bonchev–Trinajstić information content (AvgIpc) is 2.28. The van der Waals surface area contributed by atoms with Gasteiger partial charge in [0.05, 0.1) is 26.9 Å². The van der Waals surface area contributed by atoms with Gasteiger partial charge in [-0.25, -0.2) is 0 Å². The lowest BCUT2D eigenvalue weighted by Crippen LogP contribution is -2.15. The molecular weight excluding hydrogens is 212 g/mol. The van der Waals surface area contributed by atoms with E-state index in [0.29, 0.717) is 11.3 Å². The maximum Gasteiger partial charge on any atom is 0.203 e. The lowest BCUT2D eigenvalue weighted by atomic mass is 10.1. The second kappa shape index (κ2) is 5.58. The number of hydrogen-bond acceptors (Lipinski definition) is 5. The molecule has 0 saturated heterocycles. The first kappa shape index (κ1) is 12.6. The number of rotatable bonds is 5. The minimum absolute atomic E-state index is 0.0537. The number of aliphatic hydroxyl groups excluding tert-OH is 2. The number of ether oxygens (including phenoxy) is 2. The van der Waals surface area contributed by atoms with E-state index in [0.717, 1.165) is 0 Å². The minimum Gasteiger partial charge on any atom is -0.504 e. The molecule has 3 N–H and O–H groups in total. The third-order valence-corrected chi connectivity index (χ3v) is 2.20. The molecule has 0 spiro atoms. The molecule has 0 amide bonds. The second-order valence-corrected chi connectivity index (χ2v) is 3.39.